The Morgan fingerprint density at radius 3 is 1.47 bits per heavy atom. The Kier molecular flexibility index (Phi) is 25.7. The van der Waals surface area contributed by atoms with Crippen LogP contribution in [-0.4, -0.2) is 133 Å². The number of aliphatic carboxylic acids is 1. The molecule has 14 rings (SSSR count). The minimum Gasteiger partial charge on any atom is -0.480 e. The van der Waals surface area contributed by atoms with Gasteiger partial charge in [-0.25, -0.2) is 79.2 Å². The highest BCUT2D eigenvalue weighted by atomic mass is 79.9. The van der Waals surface area contributed by atoms with Crippen molar-refractivity contribution in [3.63, 3.8) is 0 Å². The number of carbonyl (C=O) groups is 7. The summed E-state index contributed by atoms with van der Waals surface area (Å²) >= 11 is 8.15. The van der Waals surface area contributed by atoms with Crippen molar-refractivity contribution in [3.05, 3.63) is 210 Å². The van der Waals surface area contributed by atoms with Gasteiger partial charge in [0.25, 0.3) is 23.7 Å². The van der Waals surface area contributed by atoms with E-state index in [1.54, 1.807) is 48.6 Å². The molecular formula is C73H63BrF9NO17S6. The zero-order valence-corrected chi connectivity index (χ0v) is 63.2. The number of nitrogens with zero attached hydrogens (tertiary/aromatic N) is 1. The molecule has 0 spiro atoms. The quantitative estimate of drug-likeness (QED) is 0.0640. The lowest BCUT2D eigenvalue weighted by molar-refractivity contribution is -0.137. The van der Waals surface area contributed by atoms with Gasteiger partial charge in [0.15, 0.2) is 41.1 Å². The molecule has 18 nitrogen and oxygen atoms in total. The highest BCUT2D eigenvalue weighted by Crippen LogP contribution is 2.47. The number of aldehydes is 1. The zero-order valence-electron chi connectivity index (χ0n) is 56.8. The number of methoxy groups -OCH3 is 3. The summed E-state index contributed by atoms with van der Waals surface area (Å²) in [6, 6.07) is 29.5. The first-order valence-corrected chi connectivity index (χ1v) is 40.7. The van der Waals surface area contributed by atoms with Crippen LogP contribution in [0.5, 0.6) is 0 Å². The van der Waals surface area contributed by atoms with E-state index in [4.69, 9.17) is 0 Å². The molecule has 7 heterocycles. The van der Waals surface area contributed by atoms with Crippen LogP contribution < -0.4 is 0 Å². The van der Waals surface area contributed by atoms with Crippen LogP contribution in [0.3, 0.4) is 0 Å². The average molecular weight is 1670 g/mol. The van der Waals surface area contributed by atoms with Gasteiger partial charge in [0, 0.05) is 130 Å². The number of halogens is 10. The molecule has 0 saturated heterocycles. The van der Waals surface area contributed by atoms with Gasteiger partial charge >= 0.3 is 23.9 Å². The second-order valence-corrected chi connectivity index (χ2v) is 35.1. The van der Waals surface area contributed by atoms with E-state index in [-0.39, 0.29) is 63.0 Å². The smallest absolute Gasteiger partial charge is 0.337 e. The number of Topliss-reactive ketones (excluding diaryl/α,β-unsaturated/α-hetero) is 2. The summed E-state index contributed by atoms with van der Waals surface area (Å²) in [5.74, 6) is -15.1. The number of hydrogen-bond donors (Lipinski definition) is 1. The van der Waals surface area contributed by atoms with Crippen molar-refractivity contribution in [1.29, 1.82) is 0 Å². The Bertz CT molecular complexity index is 5250. The SMILES string of the molecule is COC(=O)c1ccc2c(c1)C(=O)CCS2.COC(=O)c1ccc2c(c1)C(F)(F)CCS2.COC(=O)c1ccc2c(c1)C(F)(F)CCS2(=O)=O.Cc1c(Cc2ccc3c(c2)C(F)(F)CCS3(=O)=O)c2cc(F)ccc2n1CC(=O)O.O=C1CCSc2ccc(Br)cc21.O=Cc1ccc2c(c1)C(F)(F)CCS2(=O)=O. The van der Waals surface area contributed by atoms with Crippen LogP contribution in [0.1, 0.15) is 140 Å². The predicted octanol–water partition coefficient (Wildman–Crippen LogP) is 15.9. The van der Waals surface area contributed by atoms with Gasteiger partial charge in [0.2, 0.25) is 0 Å². The number of fused-ring (bicyclic) bond motifs is 7. The maximum Gasteiger partial charge on any atom is 0.337 e. The molecule has 1 aromatic heterocycles. The number of aromatic nitrogens is 1. The Hall–Kier alpha value is -8.28. The molecule has 568 valence electrons. The molecule has 0 amide bonds. The molecule has 0 radical (unpaired) electrons. The van der Waals surface area contributed by atoms with E-state index in [2.05, 4.69) is 30.1 Å². The van der Waals surface area contributed by atoms with Crippen LogP contribution in [0.2, 0.25) is 0 Å². The number of hydrogen-bond acceptors (Lipinski definition) is 19. The number of carbonyl (C=O) groups excluding carboxylic acids is 6. The van der Waals surface area contributed by atoms with Gasteiger partial charge in [-0.15, -0.1) is 35.3 Å². The maximum atomic E-state index is 14.4. The largest absolute Gasteiger partial charge is 0.480 e. The van der Waals surface area contributed by atoms with Crippen LogP contribution in [0.15, 0.2) is 161 Å². The first kappa shape index (κ1) is 82.8. The number of esters is 3. The second-order valence-electron chi connectivity index (χ2n) is 24.5. The molecular weight excluding hydrogens is 1610 g/mol. The fourth-order valence-electron chi connectivity index (χ4n) is 11.9. The molecule has 8 aromatic rings. The van der Waals surface area contributed by atoms with Crippen LogP contribution >= 0.6 is 51.2 Å². The van der Waals surface area contributed by atoms with Crippen molar-refractivity contribution < 1.29 is 118 Å². The van der Waals surface area contributed by atoms with E-state index in [0.717, 1.165) is 62.7 Å². The van der Waals surface area contributed by atoms with Crippen molar-refractivity contribution >= 4 is 133 Å². The molecule has 7 aromatic carbocycles. The monoisotopic (exact) mass is 1670 g/mol. The van der Waals surface area contributed by atoms with Crippen molar-refractivity contribution in [3.8, 4) is 0 Å². The highest BCUT2D eigenvalue weighted by molar-refractivity contribution is 9.10. The molecule has 0 fully saturated rings. The van der Waals surface area contributed by atoms with E-state index >= 15 is 0 Å². The van der Waals surface area contributed by atoms with Crippen molar-refractivity contribution in [2.24, 2.45) is 0 Å². The van der Waals surface area contributed by atoms with Crippen LogP contribution in [0, 0.1) is 12.7 Å². The molecule has 0 bridgehead atoms. The van der Waals surface area contributed by atoms with Gasteiger partial charge in [-0.2, -0.15) is 0 Å². The average Bonchev–Trinajstić information content (AvgIpc) is 1.57. The van der Waals surface area contributed by atoms with Gasteiger partial charge in [-0.05, 0) is 140 Å². The lowest BCUT2D eigenvalue weighted by Gasteiger charge is -2.25. The van der Waals surface area contributed by atoms with Crippen LogP contribution in [-0.2, 0) is 85.2 Å². The Labute approximate surface area is 628 Å². The summed E-state index contributed by atoms with van der Waals surface area (Å²) in [6.07, 6.45) is -0.698. The van der Waals surface area contributed by atoms with E-state index in [0.29, 0.717) is 68.6 Å². The van der Waals surface area contributed by atoms with Crippen molar-refractivity contribution in [2.75, 3.05) is 55.8 Å². The van der Waals surface area contributed by atoms with Crippen LogP contribution in [0.25, 0.3) is 10.9 Å². The van der Waals surface area contributed by atoms with Crippen LogP contribution in [0.4, 0.5) is 39.5 Å². The number of alkyl halides is 8. The third kappa shape index (κ3) is 19.1. The minimum atomic E-state index is -3.76. The van der Waals surface area contributed by atoms with Crippen molar-refractivity contribution in [2.45, 2.75) is 111 Å². The second kappa shape index (κ2) is 33.3. The lowest BCUT2D eigenvalue weighted by atomic mass is 9.97. The van der Waals surface area contributed by atoms with E-state index in [1.165, 1.54) is 91.2 Å². The molecule has 1 N–H and O–H groups in total. The Morgan fingerprint density at radius 1 is 0.523 bits per heavy atom. The van der Waals surface area contributed by atoms with Gasteiger partial charge in [0.1, 0.15) is 18.6 Å². The summed E-state index contributed by atoms with van der Waals surface area (Å²) in [4.78, 5) is 80.0. The van der Waals surface area contributed by atoms with E-state index < -0.39 is 141 Å². The van der Waals surface area contributed by atoms with E-state index in [1.807, 2.05) is 24.3 Å². The number of ether oxygens (including phenoxy) is 3. The number of carboxylic acid groups (broad SMARTS) is 1. The number of rotatable bonds is 8. The Morgan fingerprint density at radius 2 is 0.953 bits per heavy atom. The van der Waals surface area contributed by atoms with Gasteiger partial charge in [-0.3, -0.25) is 19.2 Å². The van der Waals surface area contributed by atoms with Gasteiger partial charge in [0.05, 0.1) is 70.0 Å². The fraction of sp³-hybridized carbons (Fsp3) is 0.301. The summed E-state index contributed by atoms with van der Waals surface area (Å²) < 4.78 is 211. The molecule has 0 aliphatic carbocycles. The number of carboxylic acids is 1. The molecule has 0 unspecified atom stereocenters. The third-order valence-electron chi connectivity index (χ3n) is 17.5. The molecule has 0 saturated carbocycles. The first-order valence-electron chi connectivity index (χ1n) is 32.0. The molecule has 0 atom stereocenters. The summed E-state index contributed by atoms with van der Waals surface area (Å²) in [5, 5.41) is 9.70. The summed E-state index contributed by atoms with van der Waals surface area (Å²) in [6.45, 7) is 1.36. The van der Waals surface area contributed by atoms with E-state index in [9.17, 15) is 103 Å². The Balaban J connectivity index is 0.000000153. The molecule has 107 heavy (non-hydrogen) atoms. The van der Waals surface area contributed by atoms with Gasteiger partial charge < -0.3 is 23.9 Å². The zero-order chi connectivity index (χ0) is 78.5. The maximum absolute atomic E-state index is 14.4. The normalized spacial score (nSPS) is 17.8. The number of thioether (sulfide) groups is 3. The highest BCUT2D eigenvalue weighted by Gasteiger charge is 2.46. The lowest BCUT2D eigenvalue weighted by Crippen LogP contribution is -2.28. The van der Waals surface area contributed by atoms with Crippen molar-refractivity contribution in [1.82, 2.24) is 4.57 Å². The number of ketones is 2. The third-order valence-corrected chi connectivity index (χ3v) is 26.5. The molecule has 6 aliphatic heterocycles. The summed E-state index contributed by atoms with van der Waals surface area (Å²) in [7, 11) is -7.40. The molecule has 6 aliphatic rings. The minimum absolute atomic E-state index is 0.0514. The summed E-state index contributed by atoms with van der Waals surface area (Å²) in [5.41, 5.74) is 2.46. The fourth-order valence-corrected chi connectivity index (χ4v) is 20.1. The topological polar surface area (TPSA) is 275 Å². The first-order chi connectivity index (χ1) is 50.2. The molecule has 34 heteroatoms. The number of sulfone groups is 3. The van der Waals surface area contributed by atoms with Gasteiger partial charge in [-0.1, -0.05) is 28.1 Å². The number of benzene rings is 7. The predicted molar refractivity (Wildman–Crippen MR) is 383 cm³/mol. The standard InChI is InChI=1S/C21H18F3NO4S.C11H10F2O4S.C11H10F2O2S.C11H10O3S.C10H8F2O3S.C9H7BrOS/c1-12-15(16-10-14(22)3-4-18(16)25(12)11-20(26)27)8-13-2-5-19-17(9-13)21(23,24)6-7-30(19,28)29;1-17-10(14)7-2-3-9-8(6-7)11(12,13)4-5-18(9,15)16;1-15-10(14)7-2-3-9-8(6-7)11(12,13)4-5-16-9;1-14-11(13)7-2-3-10-8(6-7)9(12)4-5-15-10;11-10(12)3-4-16(14,15)9-2-1-7(6-13)5-8(9)10;10-6-1-2-9-7(5-6)8(11)3-4-12-9/h2-5,9-10H,6-8,11H2,1H3,(H,26,27);2-3,6H,4-5H2,1H3;2-3,6H,4-5H2,1H3;2-3,6H,4-5H2,1H3;1-2,5-6H,3-4H2;1-2,5H,3-4H2.